The van der Waals surface area contributed by atoms with E-state index in [0.717, 1.165) is 115 Å². The molecule has 0 aliphatic carbocycles. The van der Waals surface area contributed by atoms with Crippen molar-refractivity contribution in [1.82, 2.24) is 0 Å². The van der Waals surface area contributed by atoms with Crippen LogP contribution in [0.5, 0.6) is 0 Å². The molecule has 0 spiro atoms. The summed E-state index contributed by atoms with van der Waals surface area (Å²) in [5.41, 5.74) is 0. The number of unbranched alkanes of at least 4 members (excludes halogenated alkanes) is 36. The fourth-order valence-electron chi connectivity index (χ4n) is 9.58. The average molecular weight is 1230 g/mol. The van der Waals surface area contributed by atoms with E-state index in [1.165, 1.54) is 128 Å². The Kier molecular flexibility index (Phi) is 56.4. The number of phosphoric acid groups is 2. The predicted octanol–water partition coefficient (Wildman–Crippen LogP) is 17.8. The Morgan fingerprint density at radius 1 is 0.325 bits per heavy atom. The van der Waals surface area contributed by atoms with E-state index in [-0.39, 0.29) is 25.7 Å². The molecule has 19 heteroatoms. The van der Waals surface area contributed by atoms with Crippen LogP contribution < -0.4 is 0 Å². The Labute approximate surface area is 505 Å². The third-order valence-electron chi connectivity index (χ3n) is 14.8. The lowest BCUT2D eigenvalue weighted by atomic mass is 10.0. The Balaban J connectivity index is 5.11. The number of rotatable bonds is 64. The van der Waals surface area contributed by atoms with Gasteiger partial charge in [-0.1, -0.05) is 272 Å². The number of carbonyl (C=O) groups is 4. The van der Waals surface area contributed by atoms with Gasteiger partial charge in [-0.05, 0) is 31.6 Å². The Morgan fingerprint density at radius 2 is 0.554 bits per heavy atom. The van der Waals surface area contributed by atoms with Crippen LogP contribution in [0.3, 0.4) is 0 Å². The number of aliphatic hydroxyl groups is 1. The maximum atomic E-state index is 13.0. The molecule has 0 aliphatic rings. The van der Waals surface area contributed by atoms with Crippen molar-refractivity contribution in [3.05, 3.63) is 0 Å². The number of aliphatic hydroxyl groups excluding tert-OH is 1. The minimum absolute atomic E-state index is 0.105. The summed E-state index contributed by atoms with van der Waals surface area (Å²) in [5.74, 6) is -1.33. The van der Waals surface area contributed by atoms with Gasteiger partial charge in [-0.2, -0.15) is 0 Å². The Bertz CT molecular complexity index is 1620. The SMILES string of the molecule is CCCCCCCCCCCC(=O)OC[C@H](COP(=O)(O)OC[C@@H](O)COP(=O)(O)OC[C@@H](COC(=O)CCCCCCCCC)OC(=O)CCCCCCCCCC)OC(=O)CCCCCCCCCCCCCCCCCCC(C)C. The normalized spacial score (nSPS) is 14.2. The molecular formula is C64H124O17P2. The fourth-order valence-corrected chi connectivity index (χ4v) is 11.2. The fraction of sp³-hybridized carbons (Fsp3) is 0.938. The molecule has 0 radical (unpaired) electrons. The average Bonchev–Trinajstić information content (AvgIpc) is 3.46. The molecule has 0 aromatic heterocycles. The van der Waals surface area contributed by atoms with Gasteiger partial charge in [0.25, 0.3) is 0 Å². The van der Waals surface area contributed by atoms with E-state index in [9.17, 15) is 43.2 Å². The number of esters is 4. The number of hydrogen-bond donors (Lipinski definition) is 3. The van der Waals surface area contributed by atoms with Crippen LogP contribution in [0.25, 0.3) is 0 Å². The Morgan fingerprint density at radius 3 is 0.819 bits per heavy atom. The smallest absolute Gasteiger partial charge is 0.462 e. The molecule has 2 unspecified atom stereocenters. The van der Waals surface area contributed by atoms with Crippen LogP contribution in [0.15, 0.2) is 0 Å². The molecule has 0 amide bonds. The lowest BCUT2D eigenvalue weighted by molar-refractivity contribution is -0.161. The number of carbonyl (C=O) groups excluding carboxylic acids is 4. The van der Waals surface area contributed by atoms with Gasteiger partial charge < -0.3 is 33.8 Å². The van der Waals surface area contributed by atoms with Crippen molar-refractivity contribution in [2.75, 3.05) is 39.6 Å². The highest BCUT2D eigenvalue weighted by atomic mass is 31.2. The van der Waals surface area contributed by atoms with Crippen molar-refractivity contribution < 1.29 is 80.2 Å². The summed E-state index contributed by atoms with van der Waals surface area (Å²) in [6.45, 7) is 7.14. The highest BCUT2D eigenvalue weighted by molar-refractivity contribution is 7.47. The minimum atomic E-state index is -4.94. The van der Waals surface area contributed by atoms with E-state index in [2.05, 4.69) is 34.6 Å². The van der Waals surface area contributed by atoms with Crippen LogP contribution in [0.1, 0.15) is 324 Å². The molecule has 0 fully saturated rings. The maximum absolute atomic E-state index is 13.0. The number of phosphoric ester groups is 2. The summed E-state index contributed by atoms with van der Waals surface area (Å²) < 4.78 is 67.8. The van der Waals surface area contributed by atoms with Crippen molar-refractivity contribution in [3.63, 3.8) is 0 Å². The van der Waals surface area contributed by atoms with Gasteiger partial charge in [0, 0.05) is 25.7 Å². The zero-order valence-electron chi connectivity index (χ0n) is 53.3. The van der Waals surface area contributed by atoms with E-state index in [1.807, 2.05) is 0 Å². The summed E-state index contributed by atoms with van der Waals surface area (Å²) in [4.78, 5) is 71.9. The van der Waals surface area contributed by atoms with Crippen LogP contribution >= 0.6 is 15.6 Å². The van der Waals surface area contributed by atoms with Gasteiger partial charge >= 0.3 is 39.5 Å². The highest BCUT2D eigenvalue weighted by Crippen LogP contribution is 2.45. The van der Waals surface area contributed by atoms with Gasteiger partial charge in [0.05, 0.1) is 26.4 Å². The van der Waals surface area contributed by atoms with Gasteiger partial charge in [-0.25, -0.2) is 9.13 Å². The first-order chi connectivity index (χ1) is 40.0. The Hall–Kier alpha value is -1.94. The third-order valence-corrected chi connectivity index (χ3v) is 16.7. The summed E-state index contributed by atoms with van der Waals surface area (Å²) >= 11 is 0. The first kappa shape index (κ1) is 81.1. The van der Waals surface area contributed by atoms with Crippen molar-refractivity contribution >= 4 is 39.5 Å². The standard InChI is InChI=1S/C64H124O17P2/c1-6-9-12-15-18-28-34-38-43-48-62(67)75-54-60(81-64(69)50-45-40-35-30-27-25-23-21-20-22-24-26-29-32-36-41-46-57(4)5)56-79-83(72,73)77-52-58(65)51-76-82(70,71)78-55-59(53-74-61(66)47-42-37-31-17-14-11-8-3)80-63(68)49-44-39-33-19-16-13-10-7-2/h57-60,65H,6-56H2,1-5H3,(H,70,71)(H,72,73)/t58-,59+,60+/m0/s1. The molecule has 83 heavy (non-hydrogen) atoms. The van der Waals surface area contributed by atoms with Gasteiger partial charge in [0.15, 0.2) is 12.2 Å². The van der Waals surface area contributed by atoms with Gasteiger partial charge in [0.1, 0.15) is 19.3 Å². The molecule has 492 valence electrons. The second-order valence-corrected chi connectivity index (χ2v) is 26.5. The van der Waals surface area contributed by atoms with Crippen molar-refractivity contribution in [2.24, 2.45) is 5.92 Å². The zero-order chi connectivity index (χ0) is 61.3. The lowest BCUT2D eigenvalue weighted by Gasteiger charge is -2.21. The summed E-state index contributed by atoms with van der Waals surface area (Å²) in [6, 6.07) is 0. The van der Waals surface area contributed by atoms with Crippen LogP contribution in [0, 0.1) is 5.92 Å². The second-order valence-electron chi connectivity index (χ2n) is 23.6. The molecular weight excluding hydrogens is 1100 g/mol. The maximum Gasteiger partial charge on any atom is 0.472 e. The molecule has 3 N–H and O–H groups in total. The van der Waals surface area contributed by atoms with Crippen LogP contribution in [-0.2, 0) is 65.4 Å². The second kappa shape index (κ2) is 57.8. The largest absolute Gasteiger partial charge is 0.472 e. The molecule has 0 saturated carbocycles. The quantitative estimate of drug-likeness (QED) is 0.0222. The van der Waals surface area contributed by atoms with E-state index < -0.39 is 97.5 Å². The topological polar surface area (TPSA) is 237 Å². The predicted molar refractivity (Wildman–Crippen MR) is 331 cm³/mol. The molecule has 0 aliphatic heterocycles. The molecule has 0 aromatic carbocycles. The summed E-state index contributed by atoms with van der Waals surface area (Å²) in [7, 11) is -9.87. The lowest BCUT2D eigenvalue weighted by Crippen LogP contribution is -2.30. The van der Waals surface area contributed by atoms with E-state index in [1.54, 1.807) is 0 Å². The molecule has 5 atom stereocenters. The summed E-state index contributed by atoms with van der Waals surface area (Å²) in [6.07, 6.45) is 41.9. The monoisotopic (exact) mass is 1230 g/mol. The highest BCUT2D eigenvalue weighted by Gasteiger charge is 2.30. The first-order valence-electron chi connectivity index (χ1n) is 33.6. The number of ether oxygens (including phenoxy) is 4. The molecule has 0 saturated heterocycles. The van der Waals surface area contributed by atoms with Gasteiger partial charge in [-0.15, -0.1) is 0 Å². The van der Waals surface area contributed by atoms with E-state index >= 15 is 0 Å². The molecule has 0 bridgehead atoms. The zero-order valence-corrected chi connectivity index (χ0v) is 55.1. The molecule has 0 rings (SSSR count). The van der Waals surface area contributed by atoms with Gasteiger partial charge in [0.2, 0.25) is 0 Å². The van der Waals surface area contributed by atoms with Crippen molar-refractivity contribution in [3.8, 4) is 0 Å². The summed E-state index contributed by atoms with van der Waals surface area (Å²) in [5, 5.41) is 10.5. The molecule has 0 heterocycles. The van der Waals surface area contributed by atoms with Crippen LogP contribution in [-0.4, -0.2) is 96.7 Å². The first-order valence-corrected chi connectivity index (χ1v) is 36.6. The van der Waals surface area contributed by atoms with Crippen LogP contribution in [0.4, 0.5) is 0 Å². The molecule has 0 aromatic rings. The van der Waals surface area contributed by atoms with Crippen molar-refractivity contribution in [1.29, 1.82) is 0 Å². The van der Waals surface area contributed by atoms with E-state index in [0.29, 0.717) is 25.7 Å². The molecule has 17 nitrogen and oxygen atoms in total. The number of hydrogen-bond acceptors (Lipinski definition) is 15. The van der Waals surface area contributed by atoms with E-state index in [4.69, 9.17) is 37.0 Å². The third kappa shape index (κ3) is 58.8. The van der Waals surface area contributed by atoms with Crippen molar-refractivity contribution in [2.45, 2.75) is 342 Å². The minimum Gasteiger partial charge on any atom is -0.462 e. The van der Waals surface area contributed by atoms with Crippen LogP contribution in [0.2, 0.25) is 0 Å². The van der Waals surface area contributed by atoms with Gasteiger partial charge in [-0.3, -0.25) is 37.3 Å².